The average Bonchev–Trinajstić information content (AvgIpc) is 2.59. The van der Waals surface area contributed by atoms with Crippen molar-refractivity contribution in [2.75, 3.05) is 0 Å². The van der Waals surface area contributed by atoms with Crippen LogP contribution < -0.4 is 0 Å². The van der Waals surface area contributed by atoms with E-state index in [-0.39, 0.29) is 5.57 Å². The largest absolute Gasteiger partial charge is 0.475 e. The van der Waals surface area contributed by atoms with Gasteiger partial charge in [-0.2, -0.15) is 0 Å². The molecule has 3 rings (SSSR count). The molecule has 1 heterocycles. The Morgan fingerprint density at radius 2 is 1.57 bits per heavy atom. The van der Waals surface area contributed by atoms with Crippen molar-refractivity contribution >= 4 is 34.3 Å². The van der Waals surface area contributed by atoms with E-state index in [9.17, 15) is 9.59 Å². The monoisotopic (exact) mass is 303 g/mol. The summed E-state index contributed by atoms with van der Waals surface area (Å²) in [5.41, 5.74) is 1.86. The van der Waals surface area contributed by atoms with Gasteiger partial charge in [-0.05, 0) is 23.8 Å². The number of carbonyl (C=O) groups excluding carboxylic acids is 1. The average molecular weight is 303 g/mol. The zero-order valence-electron chi connectivity index (χ0n) is 12.1. The molecule has 3 aromatic rings. The van der Waals surface area contributed by atoms with Crippen LogP contribution >= 0.6 is 0 Å². The fraction of sp³-hybridized carbons (Fsp3) is 0. The number of Topliss-reactive ketones (excluding diaryl/α,β-unsaturated/α-hetero) is 1. The highest BCUT2D eigenvalue weighted by Gasteiger charge is 2.20. The Labute approximate surface area is 132 Å². The summed E-state index contributed by atoms with van der Waals surface area (Å²) in [4.78, 5) is 27.6. The molecule has 0 saturated carbocycles. The number of hydrogen-bond acceptors (Lipinski definition) is 3. The second kappa shape index (κ2) is 6.23. The summed E-state index contributed by atoms with van der Waals surface area (Å²) >= 11 is 0. The van der Waals surface area contributed by atoms with Gasteiger partial charge in [-0.15, -0.1) is 0 Å². The zero-order chi connectivity index (χ0) is 16.2. The van der Waals surface area contributed by atoms with Crippen LogP contribution in [0.5, 0.6) is 0 Å². The number of hydrogen-bond donors (Lipinski definition) is 1. The Hall–Kier alpha value is -3.27. The van der Waals surface area contributed by atoms with Crippen molar-refractivity contribution < 1.29 is 14.7 Å². The predicted molar refractivity (Wildman–Crippen MR) is 88.7 cm³/mol. The molecule has 4 nitrogen and oxygen atoms in total. The molecular formula is C19H13NO3. The Morgan fingerprint density at radius 1 is 0.870 bits per heavy atom. The fourth-order valence-electron chi connectivity index (χ4n) is 2.30. The maximum absolute atomic E-state index is 12.1. The van der Waals surface area contributed by atoms with Crippen LogP contribution in [0.3, 0.4) is 0 Å². The molecule has 0 aliphatic carbocycles. The van der Waals surface area contributed by atoms with Gasteiger partial charge in [0, 0.05) is 5.39 Å². The summed E-state index contributed by atoms with van der Waals surface area (Å²) in [6, 6.07) is 20.1. The minimum absolute atomic E-state index is 0.0643. The molecule has 0 fully saturated rings. The molecular weight excluding hydrogens is 290 g/mol. The summed E-state index contributed by atoms with van der Waals surface area (Å²) in [6.07, 6.45) is 1.55. The molecule has 0 atom stereocenters. The Morgan fingerprint density at radius 3 is 2.30 bits per heavy atom. The van der Waals surface area contributed by atoms with Gasteiger partial charge in [0.1, 0.15) is 0 Å². The first kappa shape index (κ1) is 14.7. The molecule has 2 aromatic carbocycles. The number of ketones is 1. The van der Waals surface area contributed by atoms with E-state index >= 15 is 0 Å². The molecule has 1 aromatic heterocycles. The van der Waals surface area contributed by atoms with Gasteiger partial charge in [0.2, 0.25) is 0 Å². The molecule has 112 valence electrons. The lowest BCUT2D eigenvalue weighted by molar-refractivity contribution is -0.146. The maximum atomic E-state index is 12.1. The number of aliphatic carboxylic acids is 1. The van der Waals surface area contributed by atoms with Crippen molar-refractivity contribution in [3.05, 3.63) is 78.0 Å². The standard InChI is InChI=1S/C19H13NO3/c21-18(19(22)23)15(12-13-6-2-1-3-7-13)17-11-10-14-8-4-5-9-16(14)20-17/h1-12H,(H,22,23). The quantitative estimate of drug-likeness (QED) is 0.592. The summed E-state index contributed by atoms with van der Waals surface area (Å²) in [7, 11) is 0. The van der Waals surface area contributed by atoms with Gasteiger partial charge in [0.15, 0.2) is 0 Å². The number of rotatable bonds is 4. The van der Waals surface area contributed by atoms with Crippen molar-refractivity contribution in [1.29, 1.82) is 0 Å². The van der Waals surface area contributed by atoms with Crippen molar-refractivity contribution in [1.82, 2.24) is 4.98 Å². The maximum Gasteiger partial charge on any atom is 0.377 e. The second-order valence-corrected chi connectivity index (χ2v) is 4.99. The van der Waals surface area contributed by atoms with E-state index in [1.807, 2.05) is 48.5 Å². The van der Waals surface area contributed by atoms with E-state index in [4.69, 9.17) is 5.11 Å². The van der Waals surface area contributed by atoms with Crippen molar-refractivity contribution in [3.8, 4) is 0 Å². The van der Waals surface area contributed by atoms with Crippen LogP contribution in [-0.4, -0.2) is 21.8 Å². The van der Waals surface area contributed by atoms with Gasteiger partial charge in [-0.1, -0.05) is 54.6 Å². The number of nitrogens with zero attached hydrogens (tertiary/aromatic N) is 1. The summed E-state index contributed by atoms with van der Waals surface area (Å²) in [5.74, 6) is -2.47. The molecule has 1 N–H and O–H groups in total. The lowest BCUT2D eigenvalue weighted by atomic mass is 10.0. The van der Waals surface area contributed by atoms with E-state index in [0.29, 0.717) is 11.2 Å². The van der Waals surface area contributed by atoms with Gasteiger partial charge in [-0.25, -0.2) is 9.78 Å². The first-order valence-electron chi connectivity index (χ1n) is 7.06. The number of carboxylic acid groups (broad SMARTS) is 1. The molecule has 0 radical (unpaired) electrons. The van der Waals surface area contributed by atoms with Crippen LogP contribution in [0.15, 0.2) is 66.7 Å². The van der Waals surface area contributed by atoms with Crippen LogP contribution in [0.2, 0.25) is 0 Å². The van der Waals surface area contributed by atoms with Crippen molar-refractivity contribution in [3.63, 3.8) is 0 Å². The minimum Gasteiger partial charge on any atom is -0.475 e. The number of aromatic nitrogens is 1. The van der Waals surface area contributed by atoms with Crippen molar-refractivity contribution in [2.24, 2.45) is 0 Å². The number of pyridine rings is 1. The third-order valence-corrected chi connectivity index (χ3v) is 3.42. The zero-order valence-corrected chi connectivity index (χ0v) is 12.1. The highest BCUT2D eigenvalue weighted by Crippen LogP contribution is 2.21. The number of benzene rings is 2. The summed E-state index contributed by atoms with van der Waals surface area (Å²) in [5, 5.41) is 10.0. The molecule has 0 unspecified atom stereocenters. The second-order valence-electron chi connectivity index (χ2n) is 4.99. The predicted octanol–water partition coefficient (Wildman–Crippen LogP) is 3.43. The molecule has 0 saturated heterocycles. The summed E-state index contributed by atoms with van der Waals surface area (Å²) in [6.45, 7) is 0. The van der Waals surface area contributed by atoms with Crippen LogP contribution in [0, 0.1) is 0 Å². The third kappa shape index (κ3) is 3.16. The third-order valence-electron chi connectivity index (χ3n) is 3.42. The van der Waals surface area contributed by atoms with E-state index < -0.39 is 11.8 Å². The first-order chi connectivity index (χ1) is 11.1. The normalized spacial score (nSPS) is 11.4. The van der Waals surface area contributed by atoms with Crippen molar-refractivity contribution in [2.45, 2.75) is 0 Å². The Bertz CT molecular complexity index is 914. The number of para-hydroxylation sites is 1. The van der Waals surface area contributed by atoms with Gasteiger partial charge in [-0.3, -0.25) is 4.79 Å². The smallest absolute Gasteiger partial charge is 0.377 e. The highest BCUT2D eigenvalue weighted by atomic mass is 16.4. The highest BCUT2D eigenvalue weighted by molar-refractivity contribution is 6.52. The SMILES string of the molecule is O=C(O)C(=O)C(=Cc1ccccc1)c1ccc2ccccc2n1. The van der Waals surface area contributed by atoms with E-state index in [1.54, 1.807) is 24.3 Å². The minimum atomic E-state index is -1.50. The summed E-state index contributed by atoms with van der Waals surface area (Å²) < 4.78 is 0. The van der Waals surface area contributed by atoms with Gasteiger partial charge < -0.3 is 5.11 Å². The lowest BCUT2D eigenvalue weighted by Gasteiger charge is -2.06. The van der Waals surface area contributed by atoms with Crippen LogP contribution in [-0.2, 0) is 9.59 Å². The first-order valence-corrected chi connectivity index (χ1v) is 7.06. The number of carbonyl (C=O) groups is 2. The molecule has 4 heteroatoms. The molecule has 0 aliphatic rings. The lowest BCUT2D eigenvalue weighted by Crippen LogP contribution is -2.15. The molecule has 0 amide bonds. The number of fused-ring (bicyclic) bond motifs is 1. The molecule has 23 heavy (non-hydrogen) atoms. The van der Waals surface area contributed by atoms with Crippen LogP contribution in [0.1, 0.15) is 11.3 Å². The van der Waals surface area contributed by atoms with Gasteiger partial charge in [0.05, 0.1) is 16.8 Å². The molecule has 0 spiro atoms. The van der Waals surface area contributed by atoms with Crippen LogP contribution in [0.4, 0.5) is 0 Å². The Kier molecular flexibility index (Phi) is 3.97. The van der Waals surface area contributed by atoms with Gasteiger partial charge >= 0.3 is 5.97 Å². The Balaban J connectivity index is 2.15. The van der Waals surface area contributed by atoms with Gasteiger partial charge in [0.25, 0.3) is 5.78 Å². The topological polar surface area (TPSA) is 67.3 Å². The molecule has 0 aliphatic heterocycles. The van der Waals surface area contributed by atoms with Crippen LogP contribution in [0.25, 0.3) is 22.6 Å². The van der Waals surface area contributed by atoms with E-state index in [1.165, 1.54) is 0 Å². The van der Waals surface area contributed by atoms with E-state index in [0.717, 1.165) is 10.9 Å². The number of carboxylic acids is 1. The van der Waals surface area contributed by atoms with E-state index in [2.05, 4.69) is 4.98 Å². The molecule has 0 bridgehead atoms. The fourth-order valence-corrected chi connectivity index (χ4v) is 2.30.